The number of rotatable bonds is 1. The van der Waals surface area contributed by atoms with Crippen LogP contribution in [0.5, 0.6) is 0 Å². The molecule has 0 aliphatic carbocycles. The van der Waals surface area contributed by atoms with E-state index in [4.69, 9.17) is 0 Å². The van der Waals surface area contributed by atoms with Gasteiger partial charge in [0.15, 0.2) is 0 Å². The van der Waals surface area contributed by atoms with E-state index in [1.165, 1.54) is 45.4 Å². The van der Waals surface area contributed by atoms with E-state index in [0.29, 0.717) is 5.41 Å². The average Bonchev–Trinajstić information content (AvgIpc) is 2.55. The summed E-state index contributed by atoms with van der Waals surface area (Å²) in [5.41, 5.74) is 3.91. The molecule has 0 radical (unpaired) electrons. The first-order chi connectivity index (χ1) is 6.24. The number of nitrogens with one attached hydrogen (secondary N) is 1. The summed E-state index contributed by atoms with van der Waals surface area (Å²) in [6.07, 6.45) is 4.17. The van der Waals surface area contributed by atoms with Crippen molar-refractivity contribution in [3.63, 3.8) is 0 Å². The van der Waals surface area contributed by atoms with Gasteiger partial charge in [-0.2, -0.15) is 0 Å². The highest BCUT2D eigenvalue weighted by Gasteiger charge is 2.39. The Labute approximate surface area is 81.1 Å². The van der Waals surface area contributed by atoms with Gasteiger partial charge in [-0.05, 0) is 51.9 Å². The minimum absolute atomic E-state index is 0.648. The van der Waals surface area contributed by atoms with Crippen molar-refractivity contribution >= 4 is 0 Å². The first-order valence-electron chi connectivity index (χ1n) is 5.35. The molecule has 2 rings (SSSR count). The summed E-state index contributed by atoms with van der Waals surface area (Å²) in [5.74, 6) is 0. The second kappa shape index (κ2) is 3.56. The van der Waals surface area contributed by atoms with Crippen molar-refractivity contribution in [2.24, 2.45) is 5.41 Å². The topological polar surface area (TPSA) is 18.5 Å². The Kier molecular flexibility index (Phi) is 2.58. The van der Waals surface area contributed by atoms with Gasteiger partial charge in [-0.1, -0.05) is 0 Å². The average molecular weight is 183 g/mol. The predicted octanol–water partition coefficient (Wildman–Crippen LogP) is 0.539. The largest absolute Gasteiger partial charge is 0.306 e. The van der Waals surface area contributed by atoms with Crippen LogP contribution in [0.1, 0.15) is 19.3 Å². The number of hydrazine groups is 1. The maximum absolute atomic E-state index is 3.27. The van der Waals surface area contributed by atoms with Crippen LogP contribution in [0.15, 0.2) is 0 Å². The predicted molar refractivity (Wildman–Crippen MR) is 54.4 cm³/mol. The molecule has 2 fully saturated rings. The lowest BCUT2D eigenvalue weighted by Gasteiger charge is -2.37. The number of likely N-dealkylation sites (tertiary alicyclic amines) is 1. The zero-order chi connectivity index (χ0) is 9.31. The Morgan fingerprint density at radius 3 is 2.23 bits per heavy atom. The highest BCUT2D eigenvalue weighted by Crippen LogP contribution is 2.39. The molecule has 0 unspecified atom stereocenters. The van der Waals surface area contributed by atoms with Gasteiger partial charge in [-0.3, -0.25) is 5.43 Å². The summed E-state index contributed by atoms with van der Waals surface area (Å²) in [5, 5.41) is 2.37. The van der Waals surface area contributed by atoms with Crippen molar-refractivity contribution < 1.29 is 0 Å². The Morgan fingerprint density at radius 2 is 1.69 bits per heavy atom. The summed E-state index contributed by atoms with van der Waals surface area (Å²) in [6.45, 7) is 5.08. The monoisotopic (exact) mass is 183 g/mol. The third kappa shape index (κ3) is 1.87. The van der Waals surface area contributed by atoms with Gasteiger partial charge >= 0.3 is 0 Å². The normalized spacial score (nSPS) is 30.0. The standard InChI is InChI=1S/C10H21N3/c1-11-13-8-5-10(9-13)3-6-12(2)7-4-10/h11H,3-9H2,1-2H3. The number of piperidine rings is 1. The molecule has 1 N–H and O–H groups in total. The van der Waals surface area contributed by atoms with Crippen LogP contribution in [0.4, 0.5) is 0 Å². The van der Waals surface area contributed by atoms with E-state index in [0.717, 1.165) is 0 Å². The van der Waals surface area contributed by atoms with Gasteiger partial charge < -0.3 is 4.90 Å². The summed E-state index contributed by atoms with van der Waals surface area (Å²) in [4.78, 5) is 2.45. The summed E-state index contributed by atoms with van der Waals surface area (Å²) in [7, 11) is 4.27. The third-order valence-electron chi connectivity index (χ3n) is 3.80. The fourth-order valence-corrected chi connectivity index (χ4v) is 2.63. The molecule has 13 heavy (non-hydrogen) atoms. The van der Waals surface area contributed by atoms with E-state index >= 15 is 0 Å². The molecule has 76 valence electrons. The van der Waals surface area contributed by atoms with E-state index in [1.54, 1.807) is 0 Å². The van der Waals surface area contributed by atoms with E-state index in [-0.39, 0.29) is 0 Å². The highest BCUT2D eigenvalue weighted by atomic mass is 15.5. The van der Waals surface area contributed by atoms with Gasteiger partial charge in [-0.15, -0.1) is 0 Å². The lowest BCUT2D eigenvalue weighted by atomic mass is 9.78. The lowest BCUT2D eigenvalue weighted by Crippen LogP contribution is -2.41. The molecule has 0 amide bonds. The first-order valence-corrected chi connectivity index (χ1v) is 5.35. The fourth-order valence-electron chi connectivity index (χ4n) is 2.63. The number of hydrogen-bond acceptors (Lipinski definition) is 3. The van der Waals surface area contributed by atoms with Crippen molar-refractivity contribution in [1.82, 2.24) is 15.3 Å². The summed E-state index contributed by atoms with van der Waals surface area (Å²) < 4.78 is 0. The molecule has 3 heteroatoms. The van der Waals surface area contributed by atoms with Crippen molar-refractivity contribution in [3.05, 3.63) is 0 Å². The van der Waals surface area contributed by atoms with E-state index in [1.807, 2.05) is 7.05 Å². The maximum Gasteiger partial charge on any atom is 0.0188 e. The van der Waals surface area contributed by atoms with Crippen molar-refractivity contribution in [2.45, 2.75) is 19.3 Å². The van der Waals surface area contributed by atoms with Crippen LogP contribution in [0, 0.1) is 5.41 Å². The van der Waals surface area contributed by atoms with Crippen molar-refractivity contribution in [3.8, 4) is 0 Å². The molecule has 2 saturated heterocycles. The highest BCUT2D eigenvalue weighted by molar-refractivity contribution is 4.92. The Balaban J connectivity index is 1.92. The number of hydrogen-bond donors (Lipinski definition) is 1. The molecule has 1 spiro atoms. The SMILES string of the molecule is CNN1CCC2(CCN(C)CC2)C1. The van der Waals surface area contributed by atoms with Gasteiger partial charge in [0.1, 0.15) is 0 Å². The van der Waals surface area contributed by atoms with Crippen LogP contribution >= 0.6 is 0 Å². The van der Waals surface area contributed by atoms with E-state index < -0.39 is 0 Å². The van der Waals surface area contributed by atoms with E-state index in [2.05, 4.69) is 22.4 Å². The third-order valence-corrected chi connectivity index (χ3v) is 3.80. The van der Waals surface area contributed by atoms with Gasteiger partial charge in [0.2, 0.25) is 0 Å². The van der Waals surface area contributed by atoms with Crippen LogP contribution in [0.2, 0.25) is 0 Å². The minimum Gasteiger partial charge on any atom is -0.306 e. The molecule has 0 saturated carbocycles. The molecule has 0 aromatic heterocycles. The molecule has 0 atom stereocenters. The van der Waals surface area contributed by atoms with Crippen LogP contribution in [-0.2, 0) is 0 Å². The fraction of sp³-hybridized carbons (Fsp3) is 1.00. The number of nitrogens with zero attached hydrogens (tertiary/aromatic N) is 2. The molecule has 0 aromatic rings. The molecule has 0 aromatic carbocycles. The van der Waals surface area contributed by atoms with Crippen molar-refractivity contribution in [1.29, 1.82) is 0 Å². The second-order valence-electron chi connectivity index (χ2n) is 4.70. The molecular formula is C10H21N3. The molecule has 3 nitrogen and oxygen atoms in total. The zero-order valence-electron chi connectivity index (χ0n) is 8.84. The van der Waals surface area contributed by atoms with Gasteiger partial charge in [0.05, 0.1) is 0 Å². The molecule has 2 heterocycles. The molecular weight excluding hydrogens is 162 g/mol. The Bertz CT molecular complexity index is 173. The first kappa shape index (κ1) is 9.44. The van der Waals surface area contributed by atoms with Crippen molar-refractivity contribution in [2.75, 3.05) is 40.3 Å². The second-order valence-corrected chi connectivity index (χ2v) is 4.70. The Morgan fingerprint density at radius 1 is 1.08 bits per heavy atom. The van der Waals surface area contributed by atoms with E-state index in [9.17, 15) is 0 Å². The lowest BCUT2D eigenvalue weighted by molar-refractivity contribution is 0.117. The van der Waals surface area contributed by atoms with Crippen LogP contribution in [-0.4, -0.2) is 50.2 Å². The van der Waals surface area contributed by atoms with Crippen LogP contribution in [0.25, 0.3) is 0 Å². The van der Waals surface area contributed by atoms with Crippen LogP contribution < -0.4 is 5.43 Å². The molecule has 2 aliphatic heterocycles. The van der Waals surface area contributed by atoms with Gasteiger partial charge in [-0.25, -0.2) is 5.01 Å². The van der Waals surface area contributed by atoms with Gasteiger partial charge in [0.25, 0.3) is 0 Å². The Hall–Kier alpha value is -0.120. The smallest absolute Gasteiger partial charge is 0.0188 e. The maximum atomic E-state index is 3.27. The molecule has 0 bridgehead atoms. The quantitative estimate of drug-likeness (QED) is 0.640. The summed E-state index contributed by atoms with van der Waals surface area (Å²) in [6, 6.07) is 0. The van der Waals surface area contributed by atoms with Gasteiger partial charge in [0, 0.05) is 13.1 Å². The van der Waals surface area contributed by atoms with Crippen LogP contribution in [0.3, 0.4) is 0 Å². The minimum atomic E-state index is 0.648. The molecule has 2 aliphatic rings. The zero-order valence-corrected chi connectivity index (χ0v) is 8.84. The summed E-state index contributed by atoms with van der Waals surface area (Å²) >= 11 is 0.